The van der Waals surface area contributed by atoms with Crippen LogP contribution in [0.3, 0.4) is 0 Å². The van der Waals surface area contributed by atoms with Crippen molar-refractivity contribution < 1.29 is 18.8 Å². The van der Waals surface area contributed by atoms with Gasteiger partial charge in [-0.05, 0) is 56.3 Å². The van der Waals surface area contributed by atoms with E-state index in [2.05, 4.69) is 10.9 Å². The van der Waals surface area contributed by atoms with Gasteiger partial charge >= 0.3 is 0 Å². The predicted octanol–water partition coefficient (Wildman–Crippen LogP) is 3.13. The van der Waals surface area contributed by atoms with Crippen molar-refractivity contribution in [3.8, 4) is 5.69 Å². The lowest BCUT2D eigenvalue weighted by molar-refractivity contribution is -0.123. The molecule has 7 nitrogen and oxygen atoms in total. The molecule has 1 aliphatic rings. The van der Waals surface area contributed by atoms with Gasteiger partial charge in [-0.15, -0.1) is 11.8 Å². The molecule has 32 heavy (non-hydrogen) atoms. The summed E-state index contributed by atoms with van der Waals surface area (Å²) in [4.78, 5) is 39.8. The summed E-state index contributed by atoms with van der Waals surface area (Å²) in [6, 6.07) is 15.0. The van der Waals surface area contributed by atoms with Crippen LogP contribution in [0.25, 0.3) is 5.69 Å². The molecule has 164 valence electrons. The van der Waals surface area contributed by atoms with E-state index in [0.717, 1.165) is 16.3 Å². The second kappa shape index (κ2) is 8.88. The molecule has 0 bridgehead atoms. The number of hydrogen-bond donors (Lipinski definition) is 2. The molecule has 2 aromatic carbocycles. The normalized spacial score (nSPS) is 13.0. The van der Waals surface area contributed by atoms with Crippen molar-refractivity contribution in [2.45, 2.75) is 18.7 Å². The third kappa shape index (κ3) is 4.24. The van der Waals surface area contributed by atoms with Gasteiger partial charge in [-0.25, -0.2) is 4.39 Å². The second-order valence-corrected chi connectivity index (χ2v) is 8.35. The molecule has 1 aromatic heterocycles. The van der Waals surface area contributed by atoms with Crippen molar-refractivity contribution in [2.24, 2.45) is 0 Å². The number of thioether (sulfide) groups is 1. The third-order valence-electron chi connectivity index (χ3n) is 5.19. The molecule has 3 amide bonds. The van der Waals surface area contributed by atoms with Crippen LogP contribution in [-0.2, 0) is 9.59 Å². The van der Waals surface area contributed by atoms with Gasteiger partial charge in [0.15, 0.2) is 0 Å². The lowest BCUT2D eigenvalue weighted by atomic mass is 10.2. The van der Waals surface area contributed by atoms with E-state index < -0.39 is 11.8 Å². The first-order chi connectivity index (χ1) is 15.3. The van der Waals surface area contributed by atoms with Crippen molar-refractivity contribution in [3.05, 3.63) is 77.4 Å². The fourth-order valence-electron chi connectivity index (χ4n) is 3.68. The number of nitrogens with one attached hydrogen (secondary N) is 2. The van der Waals surface area contributed by atoms with Crippen molar-refractivity contribution in [1.82, 2.24) is 15.4 Å². The van der Waals surface area contributed by atoms with E-state index in [1.807, 2.05) is 29.7 Å². The topological polar surface area (TPSA) is 83.4 Å². The molecule has 0 saturated heterocycles. The number of aryl methyl sites for hydroxylation is 1. The number of benzene rings is 2. The summed E-state index contributed by atoms with van der Waals surface area (Å²) in [6.45, 7) is 3.41. The highest BCUT2D eigenvalue weighted by molar-refractivity contribution is 8.00. The summed E-state index contributed by atoms with van der Waals surface area (Å²) < 4.78 is 15.1. The van der Waals surface area contributed by atoms with Gasteiger partial charge in [0.2, 0.25) is 5.91 Å². The van der Waals surface area contributed by atoms with Gasteiger partial charge in [0, 0.05) is 22.0 Å². The Morgan fingerprint density at radius 3 is 2.53 bits per heavy atom. The standard InChI is InChI=1S/C23H21FN4O3S/c1-14-11-18(15(2)28(14)17-9-7-16(24)8-10-17)23(31)26-25-21(29)12-27-19-5-3-4-6-20(19)32-13-22(27)30/h3-11H,12-13H2,1-2H3,(H,25,29)(H,26,31). The molecular formula is C23H21FN4O3S. The van der Waals surface area contributed by atoms with E-state index in [1.54, 1.807) is 31.2 Å². The van der Waals surface area contributed by atoms with Gasteiger partial charge in [-0.3, -0.25) is 25.2 Å². The van der Waals surface area contributed by atoms with E-state index in [-0.39, 0.29) is 24.0 Å². The van der Waals surface area contributed by atoms with Crippen LogP contribution < -0.4 is 15.8 Å². The number of hydrogen-bond acceptors (Lipinski definition) is 4. The van der Waals surface area contributed by atoms with Crippen LogP contribution in [0.2, 0.25) is 0 Å². The molecule has 0 unspecified atom stereocenters. The summed E-state index contributed by atoms with van der Waals surface area (Å²) in [6.07, 6.45) is 0. The molecule has 0 spiro atoms. The molecule has 1 aliphatic heterocycles. The number of amides is 3. The molecule has 3 aromatic rings. The number of para-hydroxylation sites is 1. The number of fused-ring (bicyclic) bond motifs is 1. The second-order valence-electron chi connectivity index (χ2n) is 7.34. The van der Waals surface area contributed by atoms with Crippen molar-refractivity contribution in [2.75, 3.05) is 17.2 Å². The first-order valence-corrected chi connectivity index (χ1v) is 10.9. The Kier molecular flexibility index (Phi) is 6.00. The van der Waals surface area contributed by atoms with Gasteiger partial charge in [-0.1, -0.05) is 12.1 Å². The number of rotatable bonds is 4. The Morgan fingerprint density at radius 2 is 1.78 bits per heavy atom. The van der Waals surface area contributed by atoms with Crippen molar-refractivity contribution >= 4 is 35.2 Å². The largest absolute Gasteiger partial charge is 0.318 e. The lowest BCUT2D eigenvalue weighted by Gasteiger charge is -2.28. The highest BCUT2D eigenvalue weighted by Crippen LogP contribution is 2.34. The fourth-order valence-corrected chi connectivity index (χ4v) is 4.62. The van der Waals surface area contributed by atoms with Gasteiger partial charge in [0.1, 0.15) is 12.4 Å². The summed E-state index contributed by atoms with van der Waals surface area (Å²) in [5.41, 5.74) is 8.02. The molecule has 9 heteroatoms. The molecule has 0 atom stereocenters. The molecule has 4 rings (SSSR count). The Bertz CT molecular complexity index is 1210. The zero-order chi connectivity index (χ0) is 22.8. The Labute approximate surface area is 188 Å². The number of hydrazine groups is 1. The van der Waals surface area contributed by atoms with Crippen molar-refractivity contribution in [3.63, 3.8) is 0 Å². The SMILES string of the molecule is Cc1cc(C(=O)NNC(=O)CN2C(=O)CSc3ccccc32)c(C)n1-c1ccc(F)cc1. The van der Waals surface area contributed by atoms with Gasteiger partial charge < -0.3 is 9.47 Å². The van der Waals surface area contributed by atoms with E-state index in [4.69, 9.17) is 0 Å². The van der Waals surface area contributed by atoms with E-state index >= 15 is 0 Å². The Morgan fingerprint density at radius 1 is 1.06 bits per heavy atom. The zero-order valence-electron chi connectivity index (χ0n) is 17.5. The summed E-state index contributed by atoms with van der Waals surface area (Å²) in [7, 11) is 0. The quantitative estimate of drug-likeness (QED) is 0.596. The van der Waals surface area contributed by atoms with Crippen molar-refractivity contribution in [1.29, 1.82) is 0 Å². The number of carbonyl (C=O) groups excluding carboxylic acids is 3. The predicted molar refractivity (Wildman–Crippen MR) is 120 cm³/mol. The van der Waals surface area contributed by atoms with E-state index in [1.165, 1.54) is 28.8 Å². The average molecular weight is 453 g/mol. The fraction of sp³-hybridized carbons (Fsp3) is 0.174. The Balaban J connectivity index is 1.43. The zero-order valence-corrected chi connectivity index (χ0v) is 18.3. The maximum absolute atomic E-state index is 13.2. The molecule has 2 heterocycles. The average Bonchev–Trinajstić information content (AvgIpc) is 3.08. The smallest absolute Gasteiger partial charge is 0.271 e. The molecule has 0 radical (unpaired) electrons. The minimum absolute atomic E-state index is 0.169. The van der Waals surface area contributed by atoms with Crippen LogP contribution in [0.5, 0.6) is 0 Å². The summed E-state index contributed by atoms with van der Waals surface area (Å²) >= 11 is 1.43. The molecule has 0 saturated carbocycles. The van der Waals surface area contributed by atoms with Gasteiger partial charge in [0.25, 0.3) is 11.8 Å². The third-order valence-corrected chi connectivity index (χ3v) is 6.23. The highest BCUT2D eigenvalue weighted by atomic mass is 32.2. The van der Waals surface area contributed by atoms with E-state index in [9.17, 15) is 18.8 Å². The molecule has 2 N–H and O–H groups in total. The number of anilines is 1. The lowest BCUT2D eigenvalue weighted by Crippen LogP contribution is -2.49. The molecule has 0 aliphatic carbocycles. The maximum atomic E-state index is 13.2. The van der Waals surface area contributed by atoms with Crippen LogP contribution in [0.4, 0.5) is 10.1 Å². The Hall–Kier alpha value is -3.59. The number of nitrogens with zero attached hydrogens (tertiary/aromatic N) is 2. The summed E-state index contributed by atoms with van der Waals surface area (Å²) in [5.74, 6) is -1.25. The first-order valence-electron chi connectivity index (χ1n) is 9.91. The van der Waals surface area contributed by atoms with Gasteiger partial charge in [0.05, 0.1) is 17.0 Å². The van der Waals surface area contributed by atoms with Crippen LogP contribution in [0.15, 0.2) is 59.5 Å². The van der Waals surface area contributed by atoms with E-state index in [0.29, 0.717) is 16.9 Å². The van der Waals surface area contributed by atoms with Crippen LogP contribution in [0, 0.1) is 19.7 Å². The highest BCUT2D eigenvalue weighted by Gasteiger charge is 2.26. The monoisotopic (exact) mass is 452 g/mol. The number of carbonyl (C=O) groups is 3. The number of aromatic nitrogens is 1. The van der Waals surface area contributed by atoms with Crippen LogP contribution >= 0.6 is 11.8 Å². The number of halogens is 1. The van der Waals surface area contributed by atoms with Crippen LogP contribution in [-0.4, -0.2) is 34.6 Å². The molecule has 0 fully saturated rings. The summed E-state index contributed by atoms with van der Waals surface area (Å²) in [5, 5.41) is 0. The minimum atomic E-state index is -0.513. The van der Waals surface area contributed by atoms with Gasteiger partial charge in [-0.2, -0.15) is 0 Å². The first kappa shape index (κ1) is 21.6. The minimum Gasteiger partial charge on any atom is -0.318 e. The maximum Gasteiger partial charge on any atom is 0.271 e. The molecular weight excluding hydrogens is 431 g/mol. The van der Waals surface area contributed by atoms with Crippen LogP contribution in [0.1, 0.15) is 21.7 Å².